The summed E-state index contributed by atoms with van der Waals surface area (Å²) in [6.45, 7) is 5.81. The lowest BCUT2D eigenvalue weighted by molar-refractivity contribution is -0.127. The van der Waals surface area contributed by atoms with Gasteiger partial charge in [0.05, 0.1) is 22.4 Å². The average Bonchev–Trinajstić information content (AvgIpc) is 3.14. The van der Waals surface area contributed by atoms with Crippen molar-refractivity contribution in [2.75, 3.05) is 39.3 Å². The number of para-hydroxylation sites is 1. The summed E-state index contributed by atoms with van der Waals surface area (Å²) in [7, 11) is -3.55. The molecule has 2 aromatic rings. The Morgan fingerprint density at radius 1 is 1.10 bits per heavy atom. The van der Waals surface area contributed by atoms with Gasteiger partial charge in [0.15, 0.2) is 0 Å². The maximum atomic E-state index is 13.0. The van der Waals surface area contributed by atoms with Crippen molar-refractivity contribution in [2.45, 2.75) is 26.1 Å². The van der Waals surface area contributed by atoms with Gasteiger partial charge in [0.25, 0.3) is 10.2 Å². The second-order valence-corrected chi connectivity index (χ2v) is 10.7. The highest BCUT2D eigenvalue weighted by molar-refractivity contribution is 7.86. The van der Waals surface area contributed by atoms with Crippen molar-refractivity contribution in [2.24, 2.45) is 0 Å². The molecule has 1 aromatic carbocycles. The van der Waals surface area contributed by atoms with Gasteiger partial charge in [0, 0.05) is 45.3 Å². The summed E-state index contributed by atoms with van der Waals surface area (Å²) in [5, 5.41) is 0.779. The largest absolute Gasteiger partial charge is 0.373 e. The smallest absolute Gasteiger partial charge is 0.282 e. The van der Waals surface area contributed by atoms with E-state index in [0.29, 0.717) is 39.3 Å². The number of hydrogen-bond acceptors (Lipinski definition) is 6. The highest BCUT2D eigenvalue weighted by Crippen LogP contribution is 2.23. The van der Waals surface area contributed by atoms with Crippen molar-refractivity contribution >= 4 is 43.7 Å². The summed E-state index contributed by atoms with van der Waals surface area (Å²) in [4.78, 5) is 18.7. The molecule has 2 fully saturated rings. The van der Waals surface area contributed by atoms with Crippen LogP contribution in [0.25, 0.3) is 16.3 Å². The molecule has 0 spiro atoms. The van der Waals surface area contributed by atoms with Crippen molar-refractivity contribution in [3.63, 3.8) is 0 Å². The number of hydrogen-bond donors (Lipinski definition) is 0. The summed E-state index contributed by atoms with van der Waals surface area (Å²) >= 11 is 1.53. The third-order valence-electron chi connectivity index (χ3n) is 5.27. The molecular weight excluding hydrogens is 424 g/mol. The number of piperazine rings is 1. The minimum absolute atomic E-state index is 0.125. The first-order chi connectivity index (χ1) is 14.3. The first-order valence-electron chi connectivity index (χ1n) is 10.1. The molecule has 0 aliphatic carbocycles. The van der Waals surface area contributed by atoms with E-state index in [1.807, 2.05) is 38.1 Å². The molecular formula is C20H26N4O4S2. The summed E-state index contributed by atoms with van der Waals surface area (Å²) in [5.74, 6) is -0.125. The minimum Gasteiger partial charge on any atom is -0.373 e. The number of carbonyl (C=O) groups excluding carboxylic acids is 1. The molecule has 4 rings (SSSR count). The fourth-order valence-corrected chi connectivity index (χ4v) is 6.45. The Balaban J connectivity index is 1.35. The molecule has 3 heterocycles. The Hall–Kier alpha value is -1.85. The highest BCUT2D eigenvalue weighted by Gasteiger charge is 2.37. The van der Waals surface area contributed by atoms with Gasteiger partial charge in [-0.25, -0.2) is 4.98 Å². The van der Waals surface area contributed by atoms with E-state index in [4.69, 9.17) is 4.74 Å². The van der Waals surface area contributed by atoms with Crippen LogP contribution in [0.4, 0.5) is 0 Å². The number of carbonyl (C=O) groups is 1. The highest BCUT2D eigenvalue weighted by atomic mass is 32.2. The van der Waals surface area contributed by atoms with Gasteiger partial charge in [-0.15, -0.1) is 11.3 Å². The van der Waals surface area contributed by atoms with Gasteiger partial charge in [0.2, 0.25) is 5.91 Å². The Morgan fingerprint density at radius 2 is 1.77 bits per heavy atom. The lowest BCUT2D eigenvalue weighted by atomic mass is 10.3. The predicted octanol–water partition coefficient (Wildman–Crippen LogP) is 1.81. The van der Waals surface area contributed by atoms with E-state index in [-0.39, 0.29) is 18.1 Å². The van der Waals surface area contributed by atoms with E-state index in [1.54, 1.807) is 11.0 Å². The third kappa shape index (κ3) is 4.57. The van der Waals surface area contributed by atoms with Gasteiger partial charge < -0.3 is 9.64 Å². The first-order valence-corrected chi connectivity index (χ1v) is 12.3. The van der Waals surface area contributed by atoms with Crippen LogP contribution in [-0.2, 0) is 19.7 Å². The topological polar surface area (TPSA) is 83.1 Å². The number of rotatable bonds is 4. The molecule has 2 aliphatic heterocycles. The number of thiazole rings is 1. The molecule has 0 bridgehead atoms. The zero-order valence-electron chi connectivity index (χ0n) is 17.1. The molecule has 0 radical (unpaired) electrons. The van der Waals surface area contributed by atoms with Crippen LogP contribution in [0.1, 0.15) is 18.9 Å². The molecule has 0 N–H and O–H groups in total. The number of aromatic nitrogens is 1. The van der Waals surface area contributed by atoms with Crippen LogP contribution < -0.4 is 0 Å². The van der Waals surface area contributed by atoms with Crippen LogP contribution in [0.3, 0.4) is 0 Å². The number of morpholine rings is 1. The summed E-state index contributed by atoms with van der Waals surface area (Å²) in [5.41, 5.74) is 0.917. The summed E-state index contributed by atoms with van der Waals surface area (Å²) in [6, 6.07) is 7.85. The van der Waals surface area contributed by atoms with Crippen LogP contribution in [-0.4, -0.2) is 84.3 Å². The molecule has 30 heavy (non-hydrogen) atoms. The number of ether oxygens (including phenoxy) is 1. The van der Waals surface area contributed by atoms with E-state index in [1.165, 1.54) is 26.0 Å². The van der Waals surface area contributed by atoms with Crippen LogP contribution >= 0.6 is 11.3 Å². The Kier molecular flexibility index (Phi) is 6.21. The average molecular weight is 451 g/mol. The molecule has 8 nitrogen and oxygen atoms in total. The van der Waals surface area contributed by atoms with Crippen LogP contribution in [0.2, 0.25) is 0 Å². The summed E-state index contributed by atoms with van der Waals surface area (Å²) < 4.78 is 35.6. The molecule has 0 saturated carbocycles. The monoisotopic (exact) mass is 450 g/mol. The third-order valence-corrected chi connectivity index (χ3v) is 8.24. The van der Waals surface area contributed by atoms with Crippen LogP contribution in [0, 0.1) is 0 Å². The number of amides is 1. The number of nitrogens with zero attached hydrogens (tertiary/aromatic N) is 4. The Labute approximate surface area is 180 Å². The van der Waals surface area contributed by atoms with E-state index in [2.05, 4.69) is 4.98 Å². The van der Waals surface area contributed by atoms with Gasteiger partial charge >= 0.3 is 0 Å². The molecule has 2 aliphatic rings. The van der Waals surface area contributed by atoms with Crippen molar-refractivity contribution in [3.8, 4) is 0 Å². The van der Waals surface area contributed by atoms with Crippen LogP contribution in [0.15, 0.2) is 30.3 Å². The number of fused-ring (bicyclic) bond motifs is 1. The quantitative estimate of drug-likeness (QED) is 0.664. The molecule has 2 saturated heterocycles. The van der Waals surface area contributed by atoms with Gasteiger partial charge in [-0.05, 0) is 32.1 Å². The lowest BCUT2D eigenvalue weighted by Crippen LogP contribution is -2.57. The van der Waals surface area contributed by atoms with E-state index >= 15 is 0 Å². The van der Waals surface area contributed by atoms with Gasteiger partial charge in [-0.1, -0.05) is 12.1 Å². The van der Waals surface area contributed by atoms with E-state index in [0.717, 1.165) is 15.2 Å². The van der Waals surface area contributed by atoms with Crippen molar-refractivity contribution in [1.82, 2.24) is 18.5 Å². The van der Waals surface area contributed by atoms with E-state index in [9.17, 15) is 13.2 Å². The fraction of sp³-hybridized carbons (Fsp3) is 0.500. The predicted molar refractivity (Wildman–Crippen MR) is 117 cm³/mol. The Bertz CT molecular complexity index is 1000. The van der Waals surface area contributed by atoms with Crippen molar-refractivity contribution < 1.29 is 17.9 Å². The zero-order chi connectivity index (χ0) is 21.3. The molecule has 1 aromatic heterocycles. The maximum absolute atomic E-state index is 13.0. The molecule has 162 valence electrons. The van der Waals surface area contributed by atoms with E-state index < -0.39 is 10.2 Å². The Morgan fingerprint density at radius 3 is 2.43 bits per heavy atom. The van der Waals surface area contributed by atoms with Crippen LogP contribution in [0.5, 0.6) is 0 Å². The normalized spacial score (nSPS) is 24.7. The summed E-state index contributed by atoms with van der Waals surface area (Å²) in [6.07, 6.45) is 3.00. The van der Waals surface area contributed by atoms with Crippen molar-refractivity contribution in [1.29, 1.82) is 0 Å². The standard InChI is InChI=1S/C20H26N4O4S2/c1-15-13-24(14-16(2)28-15)30(26,27)23-11-9-22(10-12-23)20(25)8-7-19-21-17-5-3-4-6-18(17)29-19/h3-8,15-16H,9-14H2,1-2H3/b8-7+. The molecule has 1 amide bonds. The lowest BCUT2D eigenvalue weighted by Gasteiger charge is -2.40. The van der Waals surface area contributed by atoms with Gasteiger partial charge in [0.1, 0.15) is 5.01 Å². The second kappa shape index (κ2) is 8.72. The fourth-order valence-electron chi connectivity index (χ4n) is 3.83. The minimum atomic E-state index is -3.55. The zero-order valence-corrected chi connectivity index (χ0v) is 18.7. The number of benzene rings is 1. The van der Waals surface area contributed by atoms with Gasteiger partial charge in [-0.2, -0.15) is 17.0 Å². The second-order valence-electron chi connectivity index (χ2n) is 7.66. The molecule has 10 heteroatoms. The first kappa shape index (κ1) is 21.4. The molecule has 2 unspecified atom stereocenters. The maximum Gasteiger partial charge on any atom is 0.282 e. The molecule has 2 atom stereocenters. The SMILES string of the molecule is CC1CN(S(=O)(=O)N2CCN(C(=O)/C=C/c3nc4ccccc4s3)CC2)CC(C)O1. The van der Waals surface area contributed by atoms with Crippen molar-refractivity contribution in [3.05, 3.63) is 35.3 Å². The van der Waals surface area contributed by atoms with Gasteiger partial charge in [-0.3, -0.25) is 4.79 Å².